The molecule has 5 heteroatoms. The quantitative estimate of drug-likeness (QED) is 0.498. The molecule has 4 nitrogen and oxygen atoms in total. The molecule has 0 aliphatic carbocycles. The first kappa shape index (κ1) is 8.27. The summed E-state index contributed by atoms with van der Waals surface area (Å²) in [5.74, 6) is 0. The van der Waals surface area contributed by atoms with Gasteiger partial charge in [0.15, 0.2) is 4.87 Å². The van der Waals surface area contributed by atoms with Crippen LogP contribution in [0.1, 0.15) is 6.42 Å². The molecular weight excluding hydrogens is 182 g/mol. The lowest BCUT2D eigenvalue weighted by atomic mass is 9.85. The van der Waals surface area contributed by atoms with Crippen LogP contribution < -0.4 is 0 Å². The van der Waals surface area contributed by atoms with E-state index in [1.165, 1.54) is 0 Å². The van der Waals surface area contributed by atoms with Gasteiger partial charge in [0, 0.05) is 6.42 Å². The average Bonchev–Trinajstić information content (AvgIpc) is 2.52. The Morgan fingerprint density at radius 2 is 2.17 bits per heavy atom. The van der Waals surface area contributed by atoms with E-state index < -0.39 is 29.3 Å². The van der Waals surface area contributed by atoms with Gasteiger partial charge in [0.1, 0.15) is 18.3 Å². The van der Waals surface area contributed by atoms with Gasteiger partial charge in [-0.05, 0) is 0 Å². The molecule has 0 spiro atoms. The summed E-state index contributed by atoms with van der Waals surface area (Å²) in [6, 6.07) is 1.89. The number of nitrogens with zero attached hydrogens (tertiary/aromatic N) is 1. The van der Waals surface area contributed by atoms with Gasteiger partial charge in [-0.3, -0.25) is 0 Å². The highest BCUT2D eigenvalue weighted by atomic mass is 35.5. The molecule has 2 saturated heterocycles. The van der Waals surface area contributed by atoms with Crippen LogP contribution in [-0.4, -0.2) is 39.5 Å². The van der Waals surface area contributed by atoms with Crippen LogP contribution in [-0.2, 0) is 4.74 Å². The Hall–Kier alpha value is -0.340. The number of fused-ring (bicyclic) bond motifs is 2. The van der Waals surface area contributed by atoms with Crippen molar-refractivity contribution in [1.82, 2.24) is 0 Å². The van der Waals surface area contributed by atoms with Gasteiger partial charge >= 0.3 is 0 Å². The van der Waals surface area contributed by atoms with Gasteiger partial charge in [0.2, 0.25) is 0 Å². The van der Waals surface area contributed by atoms with Gasteiger partial charge in [0.25, 0.3) is 0 Å². The zero-order chi connectivity index (χ0) is 8.93. The lowest BCUT2D eigenvalue weighted by molar-refractivity contribution is 0.00757. The number of hydrogen-bond acceptors (Lipinski definition) is 4. The Morgan fingerprint density at radius 3 is 2.58 bits per heavy atom. The van der Waals surface area contributed by atoms with Gasteiger partial charge in [-0.1, -0.05) is 11.6 Å². The van der Waals surface area contributed by atoms with Crippen LogP contribution in [0.5, 0.6) is 0 Å². The van der Waals surface area contributed by atoms with E-state index in [0.717, 1.165) is 0 Å². The van der Waals surface area contributed by atoms with Crippen molar-refractivity contribution >= 4 is 11.6 Å². The molecule has 0 aromatic heterocycles. The molecule has 0 radical (unpaired) electrons. The number of aliphatic hydroxyl groups excluding tert-OH is 2. The lowest BCUT2D eigenvalue weighted by Crippen LogP contribution is -2.48. The minimum absolute atomic E-state index is 0.286. The van der Waals surface area contributed by atoms with E-state index in [0.29, 0.717) is 0 Å². The van der Waals surface area contributed by atoms with Crippen molar-refractivity contribution in [3.05, 3.63) is 0 Å². The third-order valence-corrected chi connectivity index (χ3v) is 2.95. The van der Waals surface area contributed by atoms with Crippen LogP contribution in [0, 0.1) is 11.3 Å². The van der Waals surface area contributed by atoms with Crippen molar-refractivity contribution in [2.45, 2.75) is 35.7 Å². The number of aliphatic hydroxyl groups is 2. The van der Waals surface area contributed by atoms with Gasteiger partial charge in [0.05, 0.1) is 12.2 Å². The predicted octanol–water partition coefficient (Wildman–Crippen LogP) is -0.620. The molecular formula is C7H8ClNO3. The second kappa shape index (κ2) is 2.33. The number of alkyl halides is 1. The Morgan fingerprint density at radius 1 is 1.50 bits per heavy atom. The highest BCUT2D eigenvalue weighted by Gasteiger charge is 2.61. The van der Waals surface area contributed by atoms with Crippen LogP contribution in [0.3, 0.4) is 0 Å². The minimum Gasteiger partial charge on any atom is -0.388 e. The van der Waals surface area contributed by atoms with E-state index in [1.54, 1.807) is 0 Å². The van der Waals surface area contributed by atoms with E-state index in [1.807, 2.05) is 6.07 Å². The molecule has 66 valence electrons. The summed E-state index contributed by atoms with van der Waals surface area (Å²) >= 11 is 5.85. The molecule has 0 aromatic carbocycles. The number of ether oxygens (including phenoxy) is 1. The van der Waals surface area contributed by atoms with Gasteiger partial charge in [-0.15, -0.1) is 0 Å². The van der Waals surface area contributed by atoms with Crippen LogP contribution in [0.25, 0.3) is 0 Å². The van der Waals surface area contributed by atoms with Crippen LogP contribution in [0.2, 0.25) is 0 Å². The van der Waals surface area contributed by atoms with Gasteiger partial charge in [-0.2, -0.15) is 5.26 Å². The topological polar surface area (TPSA) is 73.5 Å². The van der Waals surface area contributed by atoms with Crippen molar-refractivity contribution in [1.29, 1.82) is 5.26 Å². The molecule has 0 amide bonds. The highest BCUT2D eigenvalue weighted by molar-refractivity contribution is 6.26. The van der Waals surface area contributed by atoms with Crippen molar-refractivity contribution in [2.75, 3.05) is 0 Å². The summed E-state index contributed by atoms with van der Waals surface area (Å²) in [5, 5.41) is 27.3. The Kier molecular flexibility index (Phi) is 1.61. The van der Waals surface area contributed by atoms with Crippen LogP contribution >= 0.6 is 11.6 Å². The first-order chi connectivity index (χ1) is 5.58. The largest absolute Gasteiger partial charge is 0.388 e. The van der Waals surface area contributed by atoms with E-state index in [4.69, 9.17) is 21.6 Å². The van der Waals surface area contributed by atoms with Crippen LogP contribution in [0.15, 0.2) is 0 Å². The molecule has 0 saturated carbocycles. The second-order valence-electron chi connectivity index (χ2n) is 3.25. The smallest absolute Gasteiger partial charge is 0.162 e. The molecule has 5 unspecified atom stereocenters. The normalized spacial score (nSPS) is 57.2. The summed E-state index contributed by atoms with van der Waals surface area (Å²) in [5.41, 5.74) is 0. The van der Waals surface area contributed by atoms with Crippen molar-refractivity contribution in [3.8, 4) is 6.07 Å². The summed E-state index contributed by atoms with van der Waals surface area (Å²) in [4.78, 5) is -1.15. The Labute approximate surface area is 74.3 Å². The summed E-state index contributed by atoms with van der Waals surface area (Å²) in [7, 11) is 0. The van der Waals surface area contributed by atoms with Crippen LogP contribution in [0.4, 0.5) is 0 Å². The Bertz CT molecular complexity index is 252. The SMILES string of the molecule is N#CC1(Cl)CC2OC1C(O)C2O. The second-order valence-corrected chi connectivity index (χ2v) is 3.93. The number of rotatable bonds is 0. The minimum atomic E-state index is -1.15. The molecule has 2 N–H and O–H groups in total. The first-order valence-corrected chi connectivity index (χ1v) is 4.08. The van der Waals surface area contributed by atoms with Gasteiger partial charge in [-0.25, -0.2) is 0 Å². The maximum atomic E-state index is 9.34. The molecule has 0 aromatic rings. The summed E-state index contributed by atoms with van der Waals surface area (Å²) < 4.78 is 5.15. The summed E-state index contributed by atoms with van der Waals surface area (Å²) in [6.45, 7) is 0. The number of halogens is 1. The van der Waals surface area contributed by atoms with E-state index in [-0.39, 0.29) is 6.42 Å². The molecule has 12 heavy (non-hydrogen) atoms. The molecule has 2 rings (SSSR count). The van der Waals surface area contributed by atoms with E-state index in [9.17, 15) is 10.2 Å². The third-order valence-electron chi connectivity index (χ3n) is 2.50. The number of hydrogen-bond donors (Lipinski definition) is 2. The average molecular weight is 190 g/mol. The predicted molar refractivity (Wildman–Crippen MR) is 39.5 cm³/mol. The monoisotopic (exact) mass is 189 g/mol. The fourth-order valence-electron chi connectivity index (χ4n) is 1.81. The molecule has 2 aliphatic rings. The van der Waals surface area contributed by atoms with E-state index in [2.05, 4.69) is 0 Å². The molecule has 2 fully saturated rings. The fraction of sp³-hybridized carbons (Fsp3) is 0.857. The first-order valence-electron chi connectivity index (χ1n) is 3.70. The molecule has 5 atom stereocenters. The zero-order valence-corrected chi connectivity index (χ0v) is 6.90. The van der Waals surface area contributed by atoms with Crippen molar-refractivity contribution < 1.29 is 14.9 Å². The Balaban J connectivity index is 2.27. The highest BCUT2D eigenvalue weighted by Crippen LogP contribution is 2.45. The lowest BCUT2D eigenvalue weighted by Gasteiger charge is -2.27. The molecule has 2 bridgehead atoms. The van der Waals surface area contributed by atoms with Crippen molar-refractivity contribution in [3.63, 3.8) is 0 Å². The van der Waals surface area contributed by atoms with E-state index >= 15 is 0 Å². The van der Waals surface area contributed by atoms with Gasteiger partial charge < -0.3 is 14.9 Å². The molecule has 2 heterocycles. The zero-order valence-electron chi connectivity index (χ0n) is 6.14. The molecule has 2 aliphatic heterocycles. The standard InChI is InChI=1S/C7H8ClNO3/c8-7(2-9)1-3-4(10)5(11)6(7)12-3/h3-6,10-11H,1H2. The van der Waals surface area contributed by atoms with Crippen molar-refractivity contribution in [2.24, 2.45) is 0 Å². The third kappa shape index (κ3) is 0.824. The maximum Gasteiger partial charge on any atom is 0.162 e. The maximum absolute atomic E-state index is 9.34. The summed E-state index contributed by atoms with van der Waals surface area (Å²) in [6.07, 6.45) is -2.86. The fourth-order valence-corrected chi connectivity index (χ4v) is 2.15. The number of nitriles is 1.